The molecule has 0 aliphatic carbocycles. The van der Waals surface area contributed by atoms with Gasteiger partial charge in [-0.25, -0.2) is 19.9 Å². The first-order valence-corrected chi connectivity index (χ1v) is 6.01. The number of hydrogen-bond donors (Lipinski definition) is 1. The molecule has 18 heavy (non-hydrogen) atoms. The lowest BCUT2D eigenvalue weighted by Crippen LogP contribution is -2.19. The molecule has 0 aromatic carbocycles. The van der Waals surface area contributed by atoms with Crippen molar-refractivity contribution in [1.29, 1.82) is 5.26 Å². The van der Waals surface area contributed by atoms with Crippen molar-refractivity contribution in [3.05, 3.63) is 28.4 Å². The van der Waals surface area contributed by atoms with Crippen LogP contribution in [-0.4, -0.2) is 24.7 Å². The van der Waals surface area contributed by atoms with Crippen LogP contribution in [0.3, 0.4) is 0 Å². The minimum Gasteiger partial charge on any atom is -0.267 e. The number of nitriles is 1. The van der Waals surface area contributed by atoms with Gasteiger partial charge in [-0.15, -0.1) is 5.10 Å². The topological polar surface area (TPSA) is 100 Å². The van der Waals surface area contributed by atoms with Gasteiger partial charge in [0.05, 0.1) is 0 Å². The zero-order valence-corrected chi connectivity index (χ0v) is 10.6. The molecule has 1 N–H and O–H groups in total. The number of hydrogen-bond acceptors (Lipinski definition) is 6. The third-order valence-corrected chi connectivity index (χ3v) is 2.97. The average molecular weight is 262 g/mol. The van der Waals surface area contributed by atoms with Gasteiger partial charge in [-0.3, -0.25) is 4.57 Å². The molecule has 0 unspecified atom stereocenters. The van der Waals surface area contributed by atoms with Crippen molar-refractivity contribution in [2.75, 3.05) is 0 Å². The largest absolute Gasteiger partial charge is 0.344 e. The van der Waals surface area contributed by atoms with Crippen LogP contribution in [0.1, 0.15) is 25.6 Å². The lowest BCUT2D eigenvalue weighted by Gasteiger charge is -2.07. The lowest BCUT2D eigenvalue weighted by molar-refractivity contribution is 0.533. The molecule has 0 radical (unpaired) electrons. The number of nitrogens with one attached hydrogen (secondary N) is 1. The Bertz CT molecular complexity index is 653. The fraction of sp³-hybridized carbons (Fsp3) is 0.300. The van der Waals surface area contributed by atoms with Crippen LogP contribution in [0.5, 0.6) is 0 Å². The van der Waals surface area contributed by atoms with E-state index in [1.54, 1.807) is 0 Å². The van der Waals surface area contributed by atoms with E-state index in [2.05, 4.69) is 20.2 Å². The fourth-order valence-corrected chi connectivity index (χ4v) is 2.26. The molecular weight excluding hydrogens is 252 g/mol. The van der Waals surface area contributed by atoms with Gasteiger partial charge in [0.15, 0.2) is 10.3 Å². The van der Waals surface area contributed by atoms with Crippen LogP contribution in [0.4, 0.5) is 0 Å². The predicted molar refractivity (Wildman–Crippen MR) is 64.1 cm³/mol. The van der Waals surface area contributed by atoms with Crippen molar-refractivity contribution in [1.82, 2.24) is 24.7 Å². The Morgan fingerprint density at radius 1 is 1.56 bits per heavy atom. The van der Waals surface area contributed by atoms with E-state index in [9.17, 15) is 4.79 Å². The summed E-state index contributed by atoms with van der Waals surface area (Å²) >= 11 is 1.14. The van der Waals surface area contributed by atoms with Crippen molar-refractivity contribution < 1.29 is 0 Å². The second-order valence-electron chi connectivity index (χ2n) is 3.71. The Kier molecular flexibility index (Phi) is 3.43. The Balaban J connectivity index is 2.35. The van der Waals surface area contributed by atoms with Gasteiger partial charge >= 0.3 is 5.69 Å². The molecule has 2 rings (SSSR count). The highest BCUT2D eigenvalue weighted by Gasteiger charge is 2.14. The van der Waals surface area contributed by atoms with Crippen molar-refractivity contribution in [2.45, 2.75) is 30.2 Å². The van der Waals surface area contributed by atoms with Gasteiger partial charge in [-0.2, -0.15) is 5.26 Å². The van der Waals surface area contributed by atoms with Crippen LogP contribution in [0.2, 0.25) is 0 Å². The summed E-state index contributed by atoms with van der Waals surface area (Å²) in [5.41, 5.74) is 0.00502. The summed E-state index contributed by atoms with van der Waals surface area (Å²) in [6.45, 7) is 3.76. The highest BCUT2D eigenvalue weighted by atomic mass is 32.2. The molecule has 7 nitrogen and oxygen atoms in total. The summed E-state index contributed by atoms with van der Waals surface area (Å²) in [6, 6.07) is 3.44. The van der Waals surface area contributed by atoms with E-state index >= 15 is 0 Å². The normalized spacial score (nSPS) is 10.6. The van der Waals surface area contributed by atoms with E-state index in [0.29, 0.717) is 10.3 Å². The Hall–Kier alpha value is -2.14. The number of aromatic amines is 1. The van der Waals surface area contributed by atoms with Crippen molar-refractivity contribution >= 4 is 11.8 Å². The Morgan fingerprint density at radius 2 is 2.33 bits per heavy atom. The second-order valence-corrected chi connectivity index (χ2v) is 4.65. The minimum atomic E-state index is -0.274. The number of rotatable bonds is 3. The minimum absolute atomic E-state index is 0.0158. The second kappa shape index (κ2) is 5.01. The van der Waals surface area contributed by atoms with Gasteiger partial charge in [0.25, 0.3) is 0 Å². The maximum absolute atomic E-state index is 11.5. The maximum Gasteiger partial charge on any atom is 0.344 e. The van der Waals surface area contributed by atoms with Crippen LogP contribution in [-0.2, 0) is 0 Å². The highest BCUT2D eigenvalue weighted by molar-refractivity contribution is 7.99. The maximum atomic E-state index is 11.5. The molecule has 0 aliphatic rings. The van der Waals surface area contributed by atoms with Gasteiger partial charge in [0.2, 0.25) is 0 Å². The smallest absolute Gasteiger partial charge is 0.267 e. The van der Waals surface area contributed by atoms with Crippen LogP contribution in [0.15, 0.2) is 27.4 Å². The number of nitrogens with zero attached hydrogens (tertiary/aromatic N) is 5. The van der Waals surface area contributed by atoms with Gasteiger partial charge in [-0.1, -0.05) is 0 Å². The standard InChI is InChI=1S/C10H10N6OS/c1-6(2)16-9(17)14-15-10(16)18-8-12-4-3-7(5-11)13-8/h3-4,6H,1-2H3,(H,14,17). The van der Waals surface area contributed by atoms with E-state index in [0.717, 1.165) is 11.8 Å². The molecule has 92 valence electrons. The third kappa shape index (κ3) is 2.41. The first kappa shape index (κ1) is 12.3. The SMILES string of the molecule is CC(C)n1c(Sc2nccc(C#N)n2)n[nH]c1=O. The summed E-state index contributed by atoms with van der Waals surface area (Å²) in [4.78, 5) is 19.6. The van der Waals surface area contributed by atoms with Crippen molar-refractivity contribution in [3.63, 3.8) is 0 Å². The molecule has 2 aromatic heterocycles. The Morgan fingerprint density at radius 3 is 3.00 bits per heavy atom. The van der Waals surface area contributed by atoms with Crippen LogP contribution < -0.4 is 5.69 Å². The first-order valence-electron chi connectivity index (χ1n) is 5.19. The number of H-pyrrole nitrogens is 1. The van der Waals surface area contributed by atoms with E-state index < -0.39 is 0 Å². The van der Waals surface area contributed by atoms with Gasteiger partial charge in [-0.05, 0) is 31.7 Å². The van der Waals surface area contributed by atoms with Crippen molar-refractivity contribution in [2.24, 2.45) is 0 Å². The molecule has 0 atom stereocenters. The molecule has 0 spiro atoms. The molecule has 2 heterocycles. The molecule has 0 saturated heterocycles. The molecule has 0 amide bonds. The zero-order chi connectivity index (χ0) is 13.1. The summed E-state index contributed by atoms with van der Waals surface area (Å²) in [6.07, 6.45) is 1.50. The quantitative estimate of drug-likeness (QED) is 0.827. The zero-order valence-electron chi connectivity index (χ0n) is 9.78. The van der Waals surface area contributed by atoms with Crippen LogP contribution in [0.25, 0.3) is 0 Å². The predicted octanol–water partition coefficient (Wildman–Crippen LogP) is 0.965. The van der Waals surface area contributed by atoms with Gasteiger partial charge in [0, 0.05) is 12.2 Å². The van der Waals surface area contributed by atoms with Crippen LogP contribution in [0, 0.1) is 11.3 Å². The molecule has 8 heteroatoms. The Labute approximate surface area is 107 Å². The molecule has 0 saturated carbocycles. The fourth-order valence-electron chi connectivity index (χ4n) is 1.35. The van der Waals surface area contributed by atoms with Gasteiger partial charge in [0.1, 0.15) is 11.8 Å². The summed E-state index contributed by atoms with van der Waals surface area (Å²) < 4.78 is 1.51. The molecule has 0 bridgehead atoms. The summed E-state index contributed by atoms with van der Waals surface area (Å²) in [7, 11) is 0. The van der Waals surface area contributed by atoms with Crippen LogP contribution >= 0.6 is 11.8 Å². The molecule has 2 aromatic rings. The van der Waals surface area contributed by atoms with E-state index in [-0.39, 0.29) is 17.4 Å². The third-order valence-electron chi connectivity index (χ3n) is 2.12. The van der Waals surface area contributed by atoms with Crippen molar-refractivity contribution in [3.8, 4) is 6.07 Å². The first-order chi connectivity index (χ1) is 8.61. The van der Waals surface area contributed by atoms with Gasteiger partial charge < -0.3 is 0 Å². The van der Waals surface area contributed by atoms with E-state index in [1.807, 2.05) is 19.9 Å². The number of aromatic nitrogens is 5. The molecule has 0 aliphatic heterocycles. The summed E-state index contributed by atoms with van der Waals surface area (Å²) in [5, 5.41) is 15.9. The van der Waals surface area contributed by atoms with E-state index in [4.69, 9.17) is 5.26 Å². The van der Waals surface area contributed by atoms with E-state index in [1.165, 1.54) is 16.8 Å². The highest BCUT2D eigenvalue weighted by Crippen LogP contribution is 2.22. The summed E-state index contributed by atoms with van der Waals surface area (Å²) in [5.74, 6) is 0. The monoisotopic (exact) mass is 262 g/mol. The molecular formula is C10H10N6OS. The lowest BCUT2D eigenvalue weighted by atomic mass is 10.4. The average Bonchev–Trinajstić information content (AvgIpc) is 2.70. The molecule has 0 fully saturated rings.